The molecular formula is C36H30P2. The summed E-state index contributed by atoms with van der Waals surface area (Å²) in [5.41, 5.74) is 1.45. The van der Waals surface area contributed by atoms with Crippen molar-refractivity contribution < 1.29 is 0 Å². The minimum Gasteiger partial charge on any atom is -0.0766 e. The fourth-order valence-electron chi connectivity index (χ4n) is 5.24. The lowest BCUT2D eigenvalue weighted by Crippen LogP contribution is -2.24. The first kappa shape index (κ1) is 24.8. The first-order chi connectivity index (χ1) is 18.9. The molecule has 2 heteroatoms. The van der Waals surface area contributed by atoms with E-state index in [0.29, 0.717) is 5.92 Å². The molecule has 0 saturated carbocycles. The fraction of sp³-hybridized carbons (Fsp3) is 0.0556. The van der Waals surface area contributed by atoms with Gasteiger partial charge in [-0.2, -0.15) is 0 Å². The largest absolute Gasteiger partial charge is 0.0766 e. The molecule has 1 atom stereocenters. The lowest BCUT2D eigenvalue weighted by molar-refractivity contribution is 0.806. The van der Waals surface area contributed by atoms with E-state index in [4.69, 9.17) is 0 Å². The number of allylic oxidation sites excluding steroid dienone is 4. The van der Waals surface area contributed by atoms with Crippen LogP contribution in [-0.2, 0) is 6.42 Å². The molecule has 0 N–H and O–H groups in total. The van der Waals surface area contributed by atoms with Crippen molar-refractivity contribution in [2.45, 2.75) is 6.42 Å². The summed E-state index contributed by atoms with van der Waals surface area (Å²) in [6.07, 6.45) is 8.09. The quantitative estimate of drug-likeness (QED) is 0.189. The lowest BCUT2D eigenvalue weighted by atomic mass is 10.0. The van der Waals surface area contributed by atoms with Gasteiger partial charge in [0.2, 0.25) is 0 Å². The standard InChI is InChI=1S/C36H30P2/c1-5-18-31(19-6-1)37(32-20-7-2-8-21-32)35-26-14-13-16-29(35)28-30-17-15-27-36(30)38(33-22-9-3-10-23-33)34-24-11-4-12-25-34/h1-27,30H,28H2. The van der Waals surface area contributed by atoms with E-state index in [0.717, 1.165) is 6.42 Å². The highest BCUT2D eigenvalue weighted by Gasteiger charge is 2.28. The molecule has 1 aliphatic carbocycles. The van der Waals surface area contributed by atoms with Crippen LogP contribution in [0.15, 0.2) is 169 Å². The highest BCUT2D eigenvalue weighted by molar-refractivity contribution is 7.80. The van der Waals surface area contributed by atoms with Crippen molar-refractivity contribution in [1.82, 2.24) is 0 Å². The molecule has 38 heavy (non-hydrogen) atoms. The van der Waals surface area contributed by atoms with Crippen LogP contribution in [0.4, 0.5) is 0 Å². The van der Waals surface area contributed by atoms with Crippen LogP contribution in [-0.4, -0.2) is 0 Å². The number of benzene rings is 5. The third-order valence-corrected chi connectivity index (χ3v) is 12.2. The number of hydrogen-bond donors (Lipinski definition) is 0. The first-order valence-electron chi connectivity index (χ1n) is 13.2. The molecule has 1 unspecified atom stereocenters. The summed E-state index contributed by atoms with van der Waals surface area (Å²) in [4.78, 5) is 0. The fourth-order valence-corrected chi connectivity index (χ4v) is 10.3. The van der Waals surface area contributed by atoms with Crippen LogP contribution >= 0.6 is 15.8 Å². The number of rotatable bonds is 8. The SMILES string of the molecule is C1=CC(Cc2ccccc2P(c2ccccc2)c2ccccc2)C(P(c2ccccc2)c2ccccc2)=C1. The first-order valence-corrected chi connectivity index (χ1v) is 15.8. The average molecular weight is 525 g/mol. The van der Waals surface area contributed by atoms with Gasteiger partial charge in [0.05, 0.1) is 0 Å². The van der Waals surface area contributed by atoms with E-state index in [-0.39, 0.29) is 0 Å². The zero-order valence-corrected chi connectivity index (χ0v) is 23.1. The molecule has 6 rings (SSSR count). The Kier molecular flexibility index (Phi) is 7.74. The molecule has 1 aliphatic rings. The average Bonchev–Trinajstić information content (AvgIpc) is 3.44. The lowest BCUT2D eigenvalue weighted by Gasteiger charge is -2.27. The van der Waals surface area contributed by atoms with Crippen molar-refractivity contribution in [2.24, 2.45) is 5.92 Å². The van der Waals surface area contributed by atoms with Crippen LogP contribution < -0.4 is 26.5 Å². The Labute approximate surface area is 228 Å². The van der Waals surface area contributed by atoms with E-state index in [1.807, 2.05) is 0 Å². The van der Waals surface area contributed by atoms with Gasteiger partial charge in [0, 0.05) is 5.92 Å². The molecule has 0 spiro atoms. The molecule has 0 fully saturated rings. The second kappa shape index (κ2) is 11.9. The molecule has 0 amide bonds. The van der Waals surface area contributed by atoms with E-state index in [1.165, 1.54) is 37.4 Å². The van der Waals surface area contributed by atoms with Gasteiger partial charge in [0.25, 0.3) is 0 Å². The Hall–Kier alpha value is -3.56. The van der Waals surface area contributed by atoms with E-state index < -0.39 is 15.8 Å². The molecule has 0 aliphatic heterocycles. The molecule has 0 bridgehead atoms. The molecular weight excluding hydrogens is 494 g/mol. The molecule has 0 aromatic heterocycles. The predicted octanol–water partition coefficient (Wildman–Crippen LogP) is 7.19. The molecule has 0 saturated heterocycles. The minimum absolute atomic E-state index is 0.381. The van der Waals surface area contributed by atoms with Gasteiger partial charge >= 0.3 is 0 Å². The van der Waals surface area contributed by atoms with Gasteiger partial charge in [0.15, 0.2) is 0 Å². The van der Waals surface area contributed by atoms with Gasteiger partial charge in [0.1, 0.15) is 0 Å². The van der Waals surface area contributed by atoms with Crippen LogP contribution in [0, 0.1) is 5.92 Å². The Morgan fingerprint density at radius 3 is 1.37 bits per heavy atom. The third kappa shape index (κ3) is 5.35. The van der Waals surface area contributed by atoms with Gasteiger partial charge in [-0.25, -0.2) is 0 Å². The van der Waals surface area contributed by atoms with E-state index in [9.17, 15) is 0 Å². The van der Waals surface area contributed by atoms with Crippen molar-refractivity contribution in [1.29, 1.82) is 0 Å². The van der Waals surface area contributed by atoms with Crippen molar-refractivity contribution in [3.8, 4) is 0 Å². The maximum Gasteiger partial charge on any atom is 0.00724 e. The normalized spacial score (nSPS) is 14.7. The molecule has 184 valence electrons. The number of hydrogen-bond acceptors (Lipinski definition) is 0. The molecule has 0 heterocycles. The predicted molar refractivity (Wildman–Crippen MR) is 169 cm³/mol. The monoisotopic (exact) mass is 524 g/mol. The summed E-state index contributed by atoms with van der Waals surface area (Å²) in [5, 5.41) is 8.62. The van der Waals surface area contributed by atoms with E-state index >= 15 is 0 Å². The van der Waals surface area contributed by atoms with Crippen LogP contribution in [0.5, 0.6) is 0 Å². The topological polar surface area (TPSA) is 0 Å². The van der Waals surface area contributed by atoms with Crippen molar-refractivity contribution in [3.63, 3.8) is 0 Å². The highest BCUT2D eigenvalue weighted by atomic mass is 31.1. The second-order valence-electron chi connectivity index (χ2n) is 9.43. The molecule has 5 aromatic rings. The van der Waals surface area contributed by atoms with Gasteiger partial charge in [-0.1, -0.05) is 164 Å². The smallest absolute Gasteiger partial charge is 0.00724 e. The van der Waals surface area contributed by atoms with Crippen molar-refractivity contribution in [3.05, 3.63) is 175 Å². The van der Waals surface area contributed by atoms with Crippen LogP contribution in [0.2, 0.25) is 0 Å². The maximum absolute atomic E-state index is 2.42. The Morgan fingerprint density at radius 1 is 0.447 bits per heavy atom. The second-order valence-corrected chi connectivity index (χ2v) is 13.8. The zero-order chi connectivity index (χ0) is 25.6. The molecule has 0 radical (unpaired) electrons. The van der Waals surface area contributed by atoms with Crippen molar-refractivity contribution >= 4 is 42.4 Å². The molecule has 0 nitrogen and oxygen atoms in total. The molecule has 5 aromatic carbocycles. The van der Waals surface area contributed by atoms with Gasteiger partial charge < -0.3 is 0 Å². The summed E-state index contributed by atoms with van der Waals surface area (Å²) in [5.74, 6) is 0.381. The minimum atomic E-state index is -0.643. The Morgan fingerprint density at radius 2 is 0.868 bits per heavy atom. The third-order valence-electron chi connectivity index (χ3n) is 6.98. The van der Waals surface area contributed by atoms with Crippen molar-refractivity contribution in [2.75, 3.05) is 0 Å². The summed E-state index contributed by atoms with van der Waals surface area (Å²) < 4.78 is 0. The maximum atomic E-state index is 2.42. The summed E-state index contributed by atoms with van der Waals surface area (Å²) >= 11 is 0. The Bertz CT molecular complexity index is 1450. The van der Waals surface area contributed by atoms with Gasteiger partial charge in [-0.05, 0) is 59.7 Å². The van der Waals surface area contributed by atoms with E-state index in [1.54, 1.807) is 0 Å². The van der Waals surface area contributed by atoms with Crippen LogP contribution in [0.25, 0.3) is 0 Å². The summed E-state index contributed by atoms with van der Waals surface area (Å²) in [6, 6.07) is 53.3. The van der Waals surface area contributed by atoms with Crippen LogP contribution in [0.3, 0.4) is 0 Å². The summed E-state index contributed by atoms with van der Waals surface area (Å²) in [7, 11) is -1.24. The van der Waals surface area contributed by atoms with Gasteiger partial charge in [-0.3, -0.25) is 0 Å². The van der Waals surface area contributed by atoms with E-state index in [2.05, 4.69) is 164 Å². The van der Waals surface area contributed by atoms with Crippen LogP contribution in [0.1, 0.15) is 5.56 Å². The highest BCUT2D eigenvalue weighted by Crippen LogP contribution is 2.50. The Balaban J connectivity index is 1.39. The zero-order valence-electron chi connectivity index (χ0n) is 21.3. The van der Waals surface area contributed by atoms with Gasteiger partial charge in [-0.15, -0.1) is 0 Å². The summed E-state index contributed by atoms with van der Waals surface area (Å²) in [6.45, 7) is 0.